The number of hydrogen-bond acceptors (Lipinski definition) is 2. The van der Waals surface area contributed by atoms with Crippen molar-refractivity contribution in [3.63, 3.8) is 0 Å². The van der Waals surface area contributed by atoms with Crippen LogP contribution in [0.4, 0.5) is 5.69 Å². The van der Waals surface area contributed by atoms with E-state index >= 15 is 0 Å². The lowest BCUT2D eigenvalue weighted by molar-refractivity contribution is -0.126. The molecule has 0 atom stereocenters. The molecule has 2 N–H and O–H groups in total. The zero-order valence-corrected chi connectivity index (χ0v) is 16.2. The first-order valence-electron chi connectivity index (χ1n) is 9.72. The molecule has 4 nitrogen and oxygen atoms in total. The van der Waals surface area contributed by atoms with Gasteiger partial charge in [-0.3, -0.25) is 9.59 Å². The van der Waals surface area contributed by atoms with E-state index in [9.17, 15) is 9.59 Å². The fourth-order valence-electron chi connectivity index (χ4n) is 4.02. The maximum absolute atomic E-state index is 13.1. The highest BCUT2D eigenvalue weighted by molar-refractivity contribution is 5.89. The number of amides is 2. The minimum atomic E-state index is -0.374. The first-order chi connectivity index (χ1) is 13.0. The summed E-state index contributed by atoms with van der Waals surface area (Å²) in [6.07, 6.45) is 4.83. The van der Waals surface area contributed by atoms with Crippen molar-refractivity contribution in [1.82, 2.24) is 5.32 Å². The fraction of sp³-hybridized carbons (Fsp3) is 0.391. The van der Waals surface area contributed by atoms with Crippen LogP contribution in [0, 0.1) is 6.92 Å². The Labute approximate surface area is 161 Å². The standard InChI is InChI=1S/C23H28N2O2/c1-17-6-5-7-20(16-17)23(13-3-4-14-23)22(27)24-15-12-19-8-10-21(11-9-19)25-18(2)26/h5-11,16H,3-4,12-15H2,1-2H3,(H,24,27)(H,25,26). The summed E-state index contributed by atoms with van der Waals surface area (Å²) < 4.78 is 0. The van der Waals surface area contributed by atoms with Crippen molar-refractivity contribution in [3.8, 4) is 0 Å². The molecular formula is C23H28N2O2. The van der Waals surface area contributed by atoms with Gasteiger partial charge in [0.25, 0.3) is 0 Å². The van der Waals surface area contributed by atoms with Crippen molar-refractivity contribution in [2.45, 2.75) is 51.4 Å². The Morgan fingerprint density at radius 1 is 1.04 bits per heavy atom. The van der Waals surface area contributed by atoms with E-state index in [0.717, 1.165) is 48.9 Å². The van der Waals surface area contributed by atoms with Crippen molar-refractivity contribution in [2.24, 2.45) is 0 Å². The van der Waals surface area contributed by atoms with Crippen molar-refractivity contribution < 1.29 is 9.59 Å². The minimum absolute atomic E-state index is 0.0759. The van der Waals surface area contributed by atoms with E-state index in [1.807, 2.05) is 24.3 Å². The van der Waals surface area contributed by atoms with Crippen LogP contribution in [0.25, 0.3) is 0 Å². The van der Waals surface area contributed by atoms with Crippen LogP contribution in [0.2, 0.25) is 0 Å². The van der Waals surface area contributed by atoms with Gasteiger partial charge in [-0.15, -0.1) is 0 Å². The van der Waals surface area contributed by atoms with E-state index < -0.39 is 0 Å². The molecule has 0 bridgehead atoms. The minimum Gasteiger partial charge on any atom is -0.355 e. The first-order valence-corrected chi connectivity index (χ1v) is 9.72. The molecule has 2 aromatic rings. The lowest BCUT2D eigenvalue weighted by Gasteiger charge is -2.28. The normalized spacial score (nSPS) is 15.3. The molecule has 142 valence electrons. The quantitative estimate of drug-likeness (QED) is 0.810. The smallest absolute Gasteiger partial charge is 0.230 e. The van der Waals surface area contributed by atoms with Gasteiger partial charge in [0.2, 0.25) is 11.8 Å². The van der Waals surface area contributed by atoms with Gasteiger partial charge in [-0.1, -0.05) is 54.8 Å². The monoisotopic (exact) mass is 364 g/mol. The number of hydrogen-bond donors (Lipinski definition) is 2. The summed E-state index contributed by atoms with van der Waals surface area (Å²) in [7, 11) is 0. The second-order valence-corrected chi connectivity index (χ2v) is 7.54. The van der Waals surface area contributed by atoms with Crippen LogP contribution in [-0.2, 0) is 21.4 Å². The molecule has 1 saturated carbocycles. The van der Waals surface area contributed by atoms with Gasteiger partial charge >= 0.3 is 0 Å². The highest BCUT2D eigenvalue weighted by Gasteiger charge is 2.42. The molecular weight excluding hydrogens is 336 g/mol. The molecule has 1 aliphatic rings. The lowest BCUT2D eigenvalue weighted by Crippen LogP contribution is -2.43. The number of carbonyl (C=O) groups is 2. The van der Waals surface area contributed by atoms with Crippen LogP contribution in [-0.4, -0.2) is 18.4 Å². The van der Waals surface area contributed by atoms with Gasteiger partial charge in [0.05, 0.1) is 5.41 Å². The molecule has 27 heavy (non-hydrogen) atoms. The third-order valence-electron chi connectivity index (χ3n) is 5.44. The predicted molar refractivity (Wildman–Crippen MR) is 109 cm³/mol. The van der Waals surface area contributed by atoms with Gasteiger partial charge in [0, 0.05) is 19.2 Å². The van der Waals surface area contributed by atoms with Crippen LogP contribution >= 0.6 is 0 Å². The van der Waals surface area contributed by atoms with Crippen LogP contribution in [0.5, 0.6) is 0 Å². The van der Waals surface area contributed by atoms with Crippen molar-refractivity contribution in [3.05, 3.63) is 65.2 Å². The van der Waals surface area contributed by atoms with Gasteiger partial charge in [-0.2, -0.15) is 0 Å². The SMILES string of the molecule is CC(=O)Nc1ccc(CCNC(=O)C2(c3cccc(C)c3)CCCC2)cc1. The van der Waals surface area contributed by atoms with E-state index in [-0.39, 0.29) is 17.2 Å². The van der Waals surface area contributed by atoms with Gasteiger partial charge in [-0.25, -0.2) is 0 Å². The Balaban J connectivity index is 1.61. The molecule has 0 unspecified atom stereocenters. The number of anilines is 1. The van der Waals surface area contributed by atoms with Gasteiger partial charge in [0.1, 0.15) is 0 Å². The van der Waals surface area contributed by atoms with Gasteiger partial charge in [0.15, 0.2) is 0 Å². The Kier molecular flexibility index (Phi) is 5.94. The van der Waals surface area contributed by atoms with Crippen LogP contribution in [0.3, 0.4) is 0 Å². The predicted octanol–water partition coefficient (Wildman–Crippen LogP) is 4.12. The Morgan fingerprint density at radius 2 is 1.74 bits per heavy atom. The lowest BCUT2D eigenvalue weighted by atomic mass is 9.77. The summed E-state index contributed by atoms with van der Waals surface area (Å²) in [6.45, 7) is 4.19. The maximum Gasteiger partial charge on any atom is 0.230 e. The molecule has 0 aromatic heterocycles. The van der Waals surface area contributed by atoms with Crippen LogP contribution < -0.4 is 10.6 Å². The summed E-state index contributed by atoms with van der Waals surface area (Å²) >= 11 is 0. The summed E-state index contributed by atoms with van der Waals surface area (Å²) in [5.41, 5.74) is 3.91. The molecule has 0 radical (unpaired) electrons. The summed E-state index contributed by atoms with van der Waals surface area (Å²) in [4.78, 5) is 24.2. The Hall–Kier alpha value is -2.62. The molecule has 4 heteroatoms. The summed E-state index contributed by atoms with van der Waals surface area (Å²) in [5, 5.41) is 5.93. The zero-order chi connectivity index (χ0) is 19.3. The van der Waals surface area contributed by atoms with E-state index in [2.05, 4.69) is 41.8 Å². The third-order valence-corrected chi connectivity index (χ3v) is 5.44. The third kappa shape index (κ3) is 4.57. The molecule has 1 aliphatic carbocycles. The van der Waals surface area contributed by atoms with Crippen molar-refractivity contribution in [1.29, 1.82) is 0 Å². The fourth-order valence-corrected chi connectivity index (χ4v) is 4.02. The highest BCUT2D eigenvalue weighted by Crippen LogP contribution is 2.41. The number of aryl methyl sites for hydroxylation is 1. The molecule has 0 spiro atoms. The summed E-state index contributed by atoms with van der Waals surface area (Å²) in [6, 6.07) is 16.1. The molecule has 0 heterocycles. The van der Waals surface area contributed by atoms with Gasteiger partial charge < -0.3 is 10.6 Å². The number of carbonyl (C=O) groups excluding carboxylic acids is 2. The average molecular weight is 364 g/mol. The van der Waals surface area contributed by atoms with E-state index in [4.69, 9.17) is 0 Å². The van der Waals surface area contributed by atoms with Crippen LogP contribution in [0.1, 0.15) is 49.3 Å². The van der Waals surface area contributed by atoms with Gasteiger partial charge in [-0.05, 0) is 49.4 Å². The number of benzene rings is 2. The van der Waals surface area contributed by atoms with Crippen molar-refractivity contribution >= 4 is 17.5 Å². The van der Waals surface area contributed by atoms with E-state index in [1.165, 1.54) is 12.5 Å². The Bertz CT molecular complexity index is 805. The number of rotatable bonds is 6. The van der Waals surface area contributed by atoms with Crippen LogP contribution in [0.15, 0.2) is 48.5 Å². The second-order valence-electron chi connectivity index (χ2n) is 7.54. The average Bonchev–Trinajstić information content (AvgIpc) is 3.14. The number of nitrogens with one attached hydrogen (secondary N) is 2. The first kappa shape index (κ1) is 19.2. The topological polar surface area (TPSA) is 58.2 Å². The Morgan fingerprint density at radius 3 is 2.37 bits per heavy atom. The van der Waals surface area contributed by atoms with E-state index in [0.29, 0.717) is 6.54 Å². The highest BCUT2D eigenvalue weighted by atomic mass is 16.2. The molecule has 2 amide bonds. The molecule has 0 aliphatic heterocycles. The van der Waals surface area contributed by atoms with E-state index in [1.54, 1.807) is 0 Å². The molecule has 3 rings (SSSR count). The maximum atomic E-state index is 13.1. The largest absolute Gasteiger partial charge is 0.355 e. The molecule has 0 saturated heterocycles. The molecule has 1 fully saturated rings. The van der Waals surface area contributed by atoms with Crippen molar-refractivity contribution in [2.75, 3.05) is 11.9 Å². The summed E-state index contributed by atoms with van der Waals surface area (Å²) in [5.74, 6) is 0.0773. The molecule has 2 aromatic carbocycles. The second kappa shape index (κ2) is 8.38. The zero-order valence-electron chi connectivity index (χ0n) is 16.2.